The summed E-state index contributed by atoms with van der Waals surface area (Å²) in [6.07, 6.45) is 0.249. The van der Waals surface area contributed by atoms with Crippen LogP contribution in [0.3, 0.4) is 0 Å². The molecule has 3 nitrogen and oxygen atoms in total. The van der Waals surface area contributed by atoms with Gasteiger partial charge in [0.25, 0.3) is 0 Å². The highest BCUT2D eigenvalue weighted by molar-refractivity contribution is 9.10. The van der Waals surface area contributed by atoms with Crippen molar-refractivity contribution in [1.82, 2.24) is 5.32 Å². The number of carbonyl (C=O) groups excluding carboxylic acids is 1. The molecule has 0 spiro atoms. The van der Waals surface area contributed by atoms with Crippen molar-refractivity contribution in [3.05, 3.63) is 63.6 Å². The van der Waals surface area contributed by atoms with Crippen molar-refractivity contribution < 1.29 is 4.79 Å². The molecule has 6 heteroatoms. The Bertz CT molecular complexity index is 586. The first kappa shape index (κ1) is 15.9. The molecule has 2 N–H and O–H groups in total. The molecule has 2 aromatic carbocycles. The maximum absolute atomic E-state index is 11.9. The summed E-state index contributed by atoms with van der Waals surface area (Å²) in [7, 11) is 0. The van der Waals surface area contributed by atoms with E-state index in [9.17, 15) is 4.79 Å². The summed E-state index contributed by atoms with van der Waals surface area (Å²) < 4.78 is 0.978. The number of hydrogen-bond donors (Lipinski definition) is 2. The lowest BCUT2D eigenvalue weighted by molar-refractivity contribution is -0.119. The molecule has 2 aromatic rings. The van der Waals surface area contributed by atoms with Crippen LogP contribution in [0.2, 0.25) is 5.02 Å². The van der Waals surface area contributed by atoms with Gasteiger partial charge in [0.1, 0.15) is 0 Å². The third-order valence-electron chi connectivity index (χ3n) is 2.63. The first-order valence-corrected chi connectivity index (χ1v) is 7.72. The SMILES string of the molecule is O=C(Cc1ccc(Cl)cc1)NC(=S)Nc1ccc(Br)cc1. The average Bonchev–Trinajstić information content (AvgIpc) is 2.44. The minimum Gasteiger partial charge on any atom is -0.332 e. The molecule has 1 amide bonds. The number of halogens is 2. The van der Waals surface area contributed by atoms with Crippen molar-refractivity contribution >= 4 is 56.5 Å². The number of carbonyl (C=O) groups is 1. The summed E-state index contributed by atoms with van der Waals surface area (Å²) in [6, 6.07) is 14.6. The van der Waals surface area contributed by atoms with Crippen molar-refractivity contribution in [2.24, 2.45) is 0 Å². The summed E-state index contributed by atoms with van der Waals surface area (Å²) in [5.41, 5.74) is 1.69. The van der Waals surface area contributed by atoms with Gasteiger partial charge in [-0.2, -0.15) is 0 Å². The van der Waals surface area contributed by atoms with E-state index in [-0.39, 0.29) is 17.4 Å². The largest absolute Gasteiger partial charge is 0.332 e. The standard InChI is InChI=1S/C15H12BrClN2OS/c16-11-3-7-13(8-4-11)18-15(21)19-14(20)9-10-1-5-12(17)6-2-10/h1-8H,9H2,(H2,18,19,20,21). The van der Waals surface area contributed by atoms with Gasteiger partial charge in [0.15, 0.2) is 5.11 Å². The Hall–Kier alpha value is -1.43. The topological polar surface area (TPSA) is 41.1 Å². The van der Waals surface area contributed by atoms with Crippen molar-refractivity contribution in [3.63, 3.8) is 0 Å². The van der Waals surface area contributed by atoms with Gasteiger partial charge in [-0.25, -0.2) is 0 Å². The molecular weight excluding hydrogens is 372 g/mol. The van der Waals surface area contributed by atoms with Gasteiger partial charge >= 0.3 is 0 Å². The molecule has 0 aliphatic carbocycles. The van der Waals surface area contributed by atoms with E-state index in [1.165, 1.54) is 0 Å². The second-order valence-corrected chi connectivity index (χ2v) is 6.07. The Morgan fingerprint density at radius 1 is 1.10 bits per heavy atom. The number of amides is 1. The van der Waals surface area contributed by atoms with Crippen LogP contribution in [0.25, 0.3) is 0 Å². The van der Waals surface area contributed by atoms with E-state index in [4.69, 9.17) is 23.8 Å². The van der Waals surface area contributed by atoms with E-state index in [1.54, 1.807) is 12.1 Å². The summed E-state index contributed by atoms with van der Waals surface area (Å²) in [6.45, 7) is 0. The third-order valence-corrected chi connectivity index (χ3v) is 3.62. The maximum Gasteiger partial charge on any atom is 0.230 e. The van der Waals surface area contributed by atoms with Gasteiger partial charge in [0, 0.05) is 15.2 Å². The Labute approximate surface area is 141 Å². The van der Waals surface area contributed by atoms with Crippen LogP contribution in [0, 0.1) is 0 Å². The molecule has 0 unspecified atom stereocenters. The molecule has 0 fully saturated rings. The summed E-state index contributed by atoms with van der Waals surface area (Å²) in [4.78, 5) is 11.9. The lowest BCUT2D eigenvalue weighted by atomic mass is 10.1. The Morgan fingerprint density at radius 2 is 1.71 bits per heavy atom. The van der Waals surface area contributed by atoms with Crippen LogP contribution in [-0.2, 0) is 11.2 Å². The van der Waals surface area contributed by atoms with Crippen molar-refractivity contribution in [1.29, 1.82) is 0 Å². The number of rotatable bonds is 3. The Morgan fingerprint density at radius 3 is 2.33 bits per heavy atom. The van der Waals surface area contributed by atoms with Gasteiger partial charge in [-0.3, -0.25) is 4.79 Å². The average molecular weight is 384 g/mol. The van der Waals surface area contributed by atoms with Crippen LogP contribution in [-0.4, -0.2) is 11.0 Å². The lowest BCUT2D eigenvalue weighted by Gasteiger charge is -2.09. The normalized spacial score (nSPS) is 10.0. The van der Waals surface area contributed by atoms with E-state index in [1.807, 2.05) is 36.4 Å². The molecule has 0 radical (unpaired) electrons. The first-order valence-electron chi connectivity index (χ1n) is 6.14. The van der Waals surface area contributed by atoms with Gasteiger partial charge in [0.2, 0.25) is 5.91 Å². The number of nitrogens with one attached hydrogen (secondary N) is 2. The summed E-state index contributed by atoms with van der Waals surface area (Å²) in [5, 5.41) is 6.51. The fraction of sp³-hybridized carbons (Fsp3) is 0.0667. The van der Waals surface area contributed by atoms with Crippen LogP contribution < -0.4 is 10.6 Å². The second kappa shape index (κ2) is 7.54. The molecule has 0 aliphatic rings. The van der Waals surface area contributed by atoms with Crippen molar-refractivity contribution in [3.8, 4) is 0 Å². The molecule has 0 aromatic heterocycles. The highest BCUT2D eigenvalue weighted by atomic mass is 79.9. The van der Waals surface area contributed by atoms with Crippen LogP contribution in [0.5, 0.6) is 0 Å². The quantitative estimate of drug-likeness (QED) is 0.782. The molecule has 0 atom stereocenters. The Balaban J connectivity index is 1.85. The van der Waals surface area contributed by atoms with E-state index < -0.39 is 0 Å². The fourth-order valence-corrected chi connectivity index (χ4v) is 2.28. The molecule has 0 aliphatic heterocycles. The first-order chi connectivity index (χ1) is 10.0. The smallest absolute Gasteiger partial charge is 0.230 e. The van der Waals surface area contributed by atoms with E-state index in [0.29, 0.717) is 5.02 Å². The molecule has 2 rings (SSSR count). The molecule has 0 saturated heterocycles. The number of anilines is 1. The number of hydrogen-bond acceptors (Lipinski definition) is 2. The zero-order valence-corrected chi connectivity index (χ0v) is 14.1. The molecule has 0 heterocycles. The Kier molecular flexibility index (Phi) is 5.73. The van der Waals surface area contributed by atoms with Gasteiger partial charge in [-0.15, -0.1) is 0 Å². The fourth-order valence-electron chi connectivity index (χ4n) is 1.65. The molecular formula is C15H12BrClN2OS. The van der Waals surface area contributed by atoms with E-state index in [0.717, 1.165) is 15.7 Å². The molecule has 108 valence electrons. The van der Waals surface area contributed by atoms with Gasteiger partial charge < -0.3 is 10.6 Å². The van der Waals surface area contributed by atoms with E-state index in [2.05, 4.69) is 26.6 Å². The van der Waals surface area contributed by atoms with Crippen molar-refractivity contribution in [2.75, 3.05) is 5.32 Å². The van der Waals surface area contributed by atoms with Crippen LogP contribution in [0.4, 0.5) is 5.69 Å². The van der Waals surface area contributed by atoms with Crippen molar-refractivity contribution in [2.45, 2.75) is 6.42 Å². The minimum absolute atomic E-state index is 0.174. The molecule has 0 saturated carbocycles. The lowest BCUT2D eigenvalue weighted by Crippen LogP contribution is -2.35. The maximum atomic E-state index is 11.9. The third kappa shape index (κ3) is 5.46. The monoisotopic (exact) mass is 382 g/mol. The predicted molar refractivity (Wildman–Crippen MR) is 93.7 cm³/mol. The predicted octanol–water partition coefficient (Wildman–Crippen LogP) is 4.16. The van der Waals surface area contributed by atoms with Crippen LogP contribution >= 0.6 is 39.7 Å². The van der Waals surface area contributed by atoms with Gasteiger partial charge in [-0.05, 0) is 54.2 Å². The zero-order valence-electron chi connectivity index (χ0n) is 10.9. The second-order valence-electron chi connectivity index (χ2n) is 4.31. The molecule has 21 heavy (non-hydrogen) atoms. The number of thiocarbonyl (C=S) groups is 1. The molecule has 0 bridgehead atoms. The summed E-state index contributed by atoms with van der Waals surface area (Å²) in [5.74, 6) is -0.174. The highest BCUT2D eigenvalue weighted by Crippen LogP contribution is 2.14. The highest BCUT2D eigenvalue weighted by Gasteiger charge is 2.06. The minimum atomic E-state index is -0.174. The van der Waals surface area contributed by atoms with Gasteiger partial charge in [-0.1, -0.05) is 39.7 Å². The summed E-state index contributed by atoms with van der Waals surface area (Å²) >= 11 is 14.3. The van der Waals surface area contributed by atoms with E-state index >= 15 is 0 Å². The van der Waals surface area contributed by atoms with Crippen LogP contribution in [0.1, 0.15) is 5.56 Å². The van der Waals surface area contributed by atoms with Gasteiger partial charge in [0.05, 0.1) is 6.42 Å². The van der Waals surface area contributed by atoms with Crippen LogP contribution in [0.15, 0.2) is 53.0 Å². The number of benzene rings is 2. The zero-order chi connectivity index (χ0) is 15.2.